The van der Waals surface area contributed by atoms with Crippen LogP contribution in [0.3, 0.4) is 0 Å². The van der Waals surface area contributed by atoms with Crippen molar-refractivity contribution in [3.05, 3.63) is 52.8 Å². The fourth-order valence-corrected chi connectivity index (χ4v) is 5.24. The van der Waals surface area contributed by atoms with Gasteiger partial charge in [0, 0.05) is 23.2 Å². The van der Waals surface area contributed by atoms with E-state index >= 15 is 0 Å². The molecule has 1 amide bonds. The van der Waals surface area contributed by atoms with Crippen LogP contribution >= 0.6 is 23.4 Å². The van der Waals surface area contributed by atoms with Gasteiger partial charge in [-0.2, -0.15) is 0 Å². The summed E-state index contributed by atoms with van der Waals surface area (Å²) < 4.78 is 5.64. The van der Waals surface area contributed by atoms with E-state index in [9.17, 15) is 4.79 Å². The van der Waals surface area contributed by atoms with Gasteiger partial charge in [0.15, 0.2) is 5.17 Å². The Bertz CT molecular complexity index is 934. The number of fused-ring (bicyclic) bond motifs is 1. The lowest BCUT2D eigenvalue weighted by atomic mass is 9.81. The lowest BCUT2D eigenvalue weighted by molar-refractivity contribution is 0.102. The normalized spacial score (nSPS) is 23.6. The van der Waals surface area contributed by atoms with Crippen LogP contribution in [0.2, 0.25) is 5.02 Å². The van der Waals surface area contributed by atoms with Gasteiger partial charge in [0.25, 0.3) is 5.91 Å². The van der Waals surface area contributed by atoms with Crippen LogP contribution in [-0.4, -0.2) is 28.9 Å². The van der Waals surface area contributed by atoms with Crippen LogP contribution in [-0.2, 0) is 5.54 Å². The van der Waals surface area contributed by atoms with E-state index in [0.29, 0.717) is 27.5 Å². The lowest BCUT2D eigenvalue weighted by Gasteiger charge is -2.36. The van der Waals surface area contributed by atoms with E-state index < -0.39 is 0 Å². The number of methoxy groups -OCH3 is 1. The van der Waals surface area contributed by atoms with Gasteiger partial charge >= 0.3 is 0 Å². The molecule has 2 aliphatic rings. The number of halogens is 1. The van der Waals surface area contributed by atoms with Crippen LogP contribution in [0, 0.1) is 5.92 Å². The first-order valence-electron chi connectivity index (χ1n) is 9.11. The summed E-state index contributed by atoms with van der Waals surface area (Å²) in [6.07, 6.45) is 4.58. The molecular formula is C20H21ClN4O2S. The number of hydrogen-bond donors (Lipinski definition) is 2. The molecule has 2 aromatic rings. The topological polar surface area (TPSA) is 89.6 Å². The van der Waals surface area contributed by atoms with Crippen molar-refractivity contribution >= 4 is 40.1 Å². The van der Waals surface area contributed by atoms with Crippen LogP contribution in [0.1, 0.15) is 35.3 Å². The third kappa shape index (κ3) is 3.44. The molecule has 4 rings (SSSR count). The van der Waals surface area contributed by atoms with Crippen LogP contribution in [0.25, 0.3) is 0 Å². The molecule has 0 radical (unpaired) electrons. The molecule has 0 spiro atoms. The monoisotopic (exact) mass is 416 g/mol. The zero-order chi connectivity index (χ0) is 19.7. The Hall–Kier alpha value is -2.25. The number of amidine groups is 1. The first-order chi connectivity index (χ1) is 13.5. The maximum atomic E-state index is 12.5. The number of thioether (sulfide) groups is 1. The number of nitrogens with one attached hydrogen (secondary N) is 1. The number of rotatable bonds is 4. The summed E-state index contributed by atoms with van der Waals surface area (Å²) in [7, 11) is 1.65. The van der Waals surface area contributed by atoms with Crippen molar-refractivity contribution < 1.29 is 9.53 Å². The van der Waals surface area contributed by atoms with Crippen molar-refractivity contribution in [3.8, 4) is 5.75 Å². The summed E-state index contributed by atoms with van der Waals surface area (Å²) in [5.74, 6) is 1.82. The van der Waals surface area contributed by atoms with E-state index in [4.69, 9.17) is 27.1 Å². The molecule has 0 saturated heterocycles. The van der Waals surface area contributed by atoms with Crippen LogP contribution in [0.4, 0.5) is 5.69 Å². The maximum Gasteiger partial charge on any atom is 0.274 e. The van der Waals surface area contributed by atoms with Crippen molar-refractivity contribution in [1.82, 2.24) is 4.98 Å². The predicted molar refractivity (Wildman–Crippen MR) is 113 cm³/mol. The molecule has 2 atom stereocenters. The van der Waals surface area contributed by atoms with Crippen molar-refractivity contribution in [2.24, 2.45) is 16.6 Å². The number of aromatic nitrogens is 1. The summed E-state index contributed by atoms with van der Waals surface area (Å²) in [5.41, 5.74) is 7.65. The number of ether oxygens (including phenoxy) is 1. The molecule has 1 aromatic heterocycles. The minimum atomic E-state index is -0.389. The van der Waals surface area contributed by atoms with Crippen LogP contribution in [0.15, 0.2) is 41.5 Å². The molecule has 1 fully saturated rings. The minimum absolute atomic E-state index is 0.296. The van der Waals surface area contributed by atoms with Crippen LogP contribution < -0.4 is 15.8 Å². The third-order valence-electron chi connectivity index (χ3n) is 5.41. The van der Waals surface area contributed by atoms with Gasteiger partial charge in [0.05, 0.1) is 17.7 Å². The highest BCUT2D eigenvalue weighted by molar-refractivity contribution is 8.13. The van der Waals surface area contributed by atoms with Crippen molar-refractivity contribution in [2.75, 3.05) is 18.2 Å². The quantitative estimate of drug-likeness (QED) is 0.784. The third-order valence-corrected chi connectivity index (χ3v) is 6.59. The second-order valence-corrected chi connectivity index (χ2v) is 8.48. The van der Waals surface area contributed by atoms with E-state index in [2.05, 4.69) is 10.3 Å². The second kappa shape index (κ2) is 7.64. The SMILES string of the molecule is COc1ccc(NC(=O)c2ccc(Cl)cn2)cc1[C@]12CCC[C@H]1CSC(N)=N2. The van der Waals surface area contributed by atoms with Gasteiger partial charge in [-0.15, -0.1) is 0 Å². The molecule has 2 heterocycles. The Morgan fingerprint density at radius 3 is 3.00 bits per heavy atom. The van der Waals surface area contributed by atoms with E-state index in [1.165, 1.54) is 6.20 Å². The van der Waals surface area contributed by atoms with Crippen LogP contribution in [0.5, 0.6) is 5.75 Å². The highest BCUT2D eigenvalue weighted by Gasteiger charge is 2.48. The fourth-order valence-electron chi connectivity index (χ4n) is 4.09. The van der Waals surface area contributed by atoms with Gasteiger partial charge in [0.2, 0.25) is 0 Å². The highest BCUT2D eigenvalue weighted by atomic mass is 35.5. The fraction of sp³-hybridized carbons (Fsp3) is 0.350. The summed E-state index contributed by atoms with van der Waals surface area (Å²) in [6.45, 7) is 0. The summed E-state index contributed by atoms with van der Waals surface area (Å²) >= 11 is 7.46. The highest BCUT2D eigenvalue weighted by Crippen LogP contribution is 2.53. The number of nitrogens with two attached hydrogens (primary N) is 1. The molecule has 6 nitrogen and oxygen atoms in total. The van der Waals surface area contributed by atoms with Crippen molar-refractivity contribution in [2.45, 2.75) is 24.8 Å². The van der Waals surface area contributed by atoms with E-state index in [1.807, 2.05) is 18.2 Å². The number of hydrogen-bond acceptors (Lipinski definition) is 6. The number of benzene rings is 1. The van der Waals surface area contributed by atoms with E-state index in [0.717, 1.165) is 36.3 Å². The van der Waals surface area contributed by atoms with Gasteiger partial charge in [-0.3, -0.25) is 9.79 Å². The van der Waals surface area contributed by atoms with Gasteiger partial charge < -0.3 is 15.8 Å². The number of pyridine rings is 1. The number of carbonyl (C=O) groups excluding carboxylic acids is 1. The molecule has 0 bridgehead atoms. The van der Waals surface area contributed by atoms with Gasteiger partial charge in [-0.05, 0) is 49.1 Å². The van der Waals surface area contributed by atoms with Crippen molar-refractivity contribution in [1.29, 1.82) is 0 Å². The molecule has 28 heavy (non-hydrogen) atoms. The number of anilines is 1. The second-order valence-electron chi connectivity index (χ2n) is 7.01. The maximum absolute atomic E-state index is 12.5. The zero-order valence-electron chi connectivity index (χ0n) is 15.4. The van der Waals surface area contributed by atoms with E-state index in [1.54, 1.807) is 31.0 Å². The Morgan fingerprint density at radius 1 is 1.39 bits per heavy atom. The summed E-state index contributed by atoms with van der Waals surface area (Å²) in [5, 5.41) is 4.01. The summed E-state index contributed by atoms with van der Waals surface area (Å²) in [6, 6.07) is 8.89. The Balaban J connectivity index is 1.69. The minimum Gasteiger partial charge on any atom is -0.496 e. The average molecular weight is 417 g/mol. The smallest absolute Gasteiger partial charge is 0.274 e. The number of amides is 1. The van der Waals surface area contributed by atoms with E-state index in [-0.39, 0.29) is 11.4 Å². The van der Waals surface area contributed by atoms with Gasteiger partial charge in [-0.1, -0.05) is 29.8 Å². The number of aliphatic imine (C=N–C) groups is 1. The summed E-state index contributed by atoms with van der Waals surface area (Å²) in [4.78, 5) is 21.5. The Kier molecular flexibility index (Phi) is 5.21. The van der Waals surface area contributed by atoms with Gasteiger partial charge in [-0.25, -0.2) is 4.98 Å². The molecule has 1 aromatic carbocycles. The van der Waals surface area contributed by atoms with Gasteiger partial charge in [0.1, 0.15) is 11.4 Å². The predicted octanol–water partition coefficient (Wildman–Crippen LogP) is 4.05. The largest absolute Gasteiger partial charge is 0.496 e. The number of nitrogens with zero attached hydrogens (tertiary/aromatic N) is 2. The molecule has 1 aliphatic carbocycles. The first-order valence-corrected chi connectivity index (χ1v) is 10.5. The molecule has 146 valence electrons. The molecule has 3 N–H and O–H groups in total. The standard InChI is InChI=1S/C20H21ClN4O2S/c1-27-17-7-5-14(24-18(26)16-6-4-13(21)10-23-16)9-15(17)20-8-2-3-12(20)11-28-19(22)25-20/h4-7,9-10,12H,2-3,8,11H2,1H3,(H2,22,25)(H,24,26)/t12-,20-/m0/s1. The average Bonchev–Trinajstić information content (AvgIpc) is 3.12. The zero-order valence-corrected chi connectivity index (χ0v) is 17.0. The first kappa shape index (κ1) is 19.1. The Labute approximate surface area is 172 Å². The lowest BCUT2D eigenvalue weighted by Crippen LogP contribution is -2.36. The molecule has 0 unspecified atom stereocenters. The molecule has 8 heteroatoms. The molecule has 1 aliphatic heterocycles. The van der Waals surface area contributed by atoms with Crippen molar-refractivity contribution in [3.63, 3.8) is 0 Å². The Morgan fingerprint density at radius 2 is 2.25 bits per heavy atom. The number of carbonyl (C=O) groups is 1. The molecule has 1 saturated carbocycles. The molecular weight excluding hydrogens is 396 g/mol.